The van der Waals surface area contributed by atoms with Gasteiger partial charge in [0.1, 0.15) is 18.5 Å². The van der Waals surface area contributed by atoms with Crippen LogP contribution in [-0.4, -0.2) is 60.7 Å². The molecule has 2 heterocycles. The maximum Gasteiger partial charge on any atom is 0.308 e. The lowest BCUT2D eigenvalue weighted by Crippen LogP contribution is -2.51. The van der Waals surface area contributed by atoms with Crippen molar-refractivity contribution in [3.8, 4) is 5.75 Å². The van der Waals surface area contributed by atoms with E-state index < -0.39 is 35.0 Å². The molecule has 1 aromatic carbocycles. The van der Waals surface area contributed by atoms with Crippen LogP contribution in [0.5, 0.6) is 5.75 Å². The van der Waals surface area contributed by atoms with Crippen molar-refractivity contribution in [3.63, 3.8) is 0 Å². The molecule has 0 bridgehead atoms. The topological polar surface area (TPSA) is 108 Å². The molecule has 0 radical (unpaired) electrons. The molecule has 2 aliphatic heterocycles. The van der Waals surface area contributed by atoms with Gasteiger partial charge in [-0.1, -0.05) is 12.2 Å². The number of hydrogen-bond acceptors (Lipinski definition) is 7. The van der Waals surface area contributed by atoms with Crippen molar-refractivity contribution in [2.24, 2.45) is 0 Å². The molecule has 0 saturated heterocycles. The van der Waals surface area contributed by atoms with Crippen molar-refractivity contribution in [2.75, 3.05) is 20.8 Å². The van der Waals surface area contributed by atoms with E-state index in [0.717, 1.165) is 0 Å². The van der Waals surface area contributed by atoms with Crippen LogP contribution in [0.25, 0.3) is 0 Å². The van der Waals surface area contributed by atoms with Crippen molar-refractivity contribution in [3.05, 3.63) is 46.0 Å². The third-order valence-corrected chi connectivity index (χ3v) is 4.42. The van der Waals surface area contributed by atoms with Gasteiger partial charge in [0, 0.05) is 19.2 Å². The number of esters is 1. The Morgan fingerprint density at radius 1 is 1.42 bits per heavy atom. The summed E-state index contributed by atoms with van der Waals surface area (Å²) in [7, 11) is 2.90. The summed E-state index contributed by atoms with van der Waals surface area (Å²) in [6, 6.07) is 3.49. The van der Waals surface area contributed by atoms with Gasteiger partial charge in [0.2, 0.25) is 0 Å². The minimum atomic E-state index is -0.559. The molecule has 0 aromatic heterocycles. The molecule has 3 rings (SSSR count). The third kappa shape index (κ3) is 3.38. The van der Waals surface area contributed by atoms with Crippen molar-refractivity contribution < 1.29 is 28.7 Å². The first-order valence-corrected chi connectivity index (χ1v) is 7.99. The van der Waals surface area contributed by atoms with Gasteiger partial charge >= 0.3 is 5.97 Å². The number of nitro groups is 1. The number of nitrogens with zero attached hydrogens (tertiary/aromatic N) is 2. The average Bonchev–Trinajstić information content (AvgIpc) is 2.64. The zero-order valence-corrected chi connectivity index (χ0v) is 14.3. The van der Waals surface area contributed by atoms with E-state index >= 15 is 0 Å². The molecule has 2 aliphatic rings. The Morgan fingerprint density at radius 2 is 2.19 bits per heavy atom. The van der Waals surface area contributed by atoms with Crippen LogP contribution < -0.4 is 4.74 Å². The molecular weight excluding hydrogens is 344 g/mol. The van der Waals surface area contributed by atoms with Gasteiger partial charge in [0.25, 0.3) is 11.6 Å². The normalized spacial score (nSPS) is 24.6. The molecule has 0 aliphatic carbocycles. The largest absolute Gasteiger partial charge is 0.490 e. The number of carbonyl (C=O) groups excluding carboxylic acids is 2. The van der Waals surface area contributed by atoms with Crippen LogP contribution in [-0.2, 0) is 14.3 Å². The first kappa shape index (κ1) is 17.9. The molecule has 0 saturated carbocycles. The fourth-order valence-electron chi connectivity index (χ4n) is 3.01. The first-order chi connectivity index (χ1) is 12.4. The van der Waals surface area contributed by atoms with E-state index in [4.69, 9.17) is 9.47 Å². The SMILES string of the molecule is COC(=O)C[C@H]1C=C[C@H]2[C@@H](COc3ccc([N+](=O)[O-])cc3C(=O)N2C)O1. The first-order valence-electron chi connectivity index (χ1n) is 7.99. The Balaban J connectivity index is 1.88. The molecule has 0 N–H and O–H groups in total. The summed E-state index contributed by atoms with van der Waals surface area (Å²) in [6.07, 6.45) is 2.61. The van der Waals surface area contributed by atoms with E-state index in [-0.39, 0.29) is 30.0 Å². The number of methoxy groups -OCH3 is 1. The van der Waals surface area contributed by atoms with E-state index in [1.807, 2.05) is 0 Å². The molecule has 138 valence electrons. The second-order valence-corrected chi connectivity index (χ2v) is 6.03. The number of non-ortho nitro benzene ring substituents is 1. The van der Waals surface area contributed by atoms with Gasteiger partial charge in [-0.15, -0.1) is 0 Å². The zero-order chi connectivity index (χ0) is 18.8. The van der Waals surface area contributed by atoms with Crippen LogP contribution in [0.4, 0.5) is 5.69 Å². The molecule has 26 heavy (non-hydrogen) atoms. The van der Waals surface area contributed by atoms with Gasteiger partial charge in [0.05, 0.1) is 36.2 Å². The van der Waals surface area contributed by atoms with Gasteiger partial charge in [-0.3, -0.25) is 19.7 Å². The monoisotopic (exact) mass is 362 g/mol. The number of benzene rings is 1. The maximum absolute atomic E-state index is 12.8. The Morgan fingerprint density at radius 3 is 2.88 bits per heavy atom. The van der Waals surface area contributed by atoms with Gasteiger partial charge in [-0.2, -0.15) is 0 Å². The van der Waals surface area contributed by atoms with Gasteiger partial charge in [-0.05, 0) is 6.07 Å². The third-order valence-electron chi connectivity index (χ3n) is 4.42. The summed E-state index contributed by atoms with van der Waals surface area (Å²) in [5.41, 5.74) is -0.0509. The Kier molecular flexibility index (Phi) is 4.90. The van der Waals surface area contributed by atoms with Crippen LogP contribution in [0.3, 0.4) is 0 Å². The van der Waals surface area contributed by atoms with E-state index in [1.54, 1.807) is 19.2 Å². The molecule has 1 aromatic rings. The highest BCUT2D eigenvalue weighted by atomic mass is 16.6. The lowest BCUT2D eigenvalue weighted by Gasteiger charge is -2.38. The fourth-order valence-corrected chi connectivity index (χ4v) is 3.01. The number of nitro benzene ring substituents is 1. The number of fused-ring (bicyclic) bond motifs is 2. The van der Waals surface area contributed by atoms with Crippen molar-refractivity contribution in [1.29, 1.82) is 0 Å². The summed E-state index contributed by atoms with van der Waals surface area (Å²) in [5.74, 6) is -0.543. The quantitative estimate of drug-likeness (QED) is 0.345. The van der Waals surface area contributed by atoms with E-state index in [0.29, 0.717) is 0 Å². The number of carbonyl (C=O) groups is 2. The van der Waals surface area contributed by atoms with Gasteiger partial charge < -0.3 is 19.1 Å². The minimum absolute atomic E-state index is 0.0661. The number of rotatable bonds is 3. The Labute approximate surface area is 149 Å². The van der Waals surface area contributed by atoms with Crippen molar-refractivity contribution >= 4 is 17.6 Å². The van der Waals surface area contributed by atoms with Crippen molar-refractivity contribution in [2.45, 2.75) is 24.7 Å². The highest BCUT2D eigenvalue weighted by Crippen LogP contribution is 2.30. The standard InChI is InChI=1S/C17H18N2O7/c1-18-13-5-4-11(8-16(20)24-2)26-15(13)9-25-14-6-3-10(19(22)23)7-12(14)17(18)21/h3-7,11,13,15H,8-9H2,1-2H3/t11-,13+,15-/m1/s1. The van der Waals surface area contributed by atoms with E-state index in [1.165, 1.54) is 30.2 Å². The maximum atomic E-state index is 12.8. The zero-order valence-electron chi connectivity index (χ0n) is 14.3. The molecule has 9 nitrogen and oxygen atoms in total. The summed E-state index contributed by atoms with van der Waals surface area (Å²) in [5, 5.41) is 11.0. The van der Waals surface area contributed by atoms with E-state index in [2.05, 4.69) is 4.74 Å². The lowest BCUT2D eigenvalue weighted by atomic mass is 10.0. The van der Waals surface area contributed by atoms with Crippen LogP contribution >= 0.6 is 0 Å². The van der Waals surface area contributed by atoms with E-state index in [9.17, 15) is 19.7 Å². The molecule has 3 atom stereocenters. The number of ether oxygens (including phenoxy) is 3. The van der Waals surface area contributed by atoms with Crippen LogP contribution in [0.1, 0.15) is 16.8 Å². The van der Waals surface area contributed by atoms with Crippen LogP contribution in [0.2, 0.25) is 0 Å². The summed E-state index contributed by atoms with van der Waals surface area (Å²) in [6.45, 7) is 0.134. The predicted molar refractivity (Wildman–Crippen MR) is 88.9 cm³/mol. The highest BCUT2D eigenvalue weighted by molar-refractivity contribution is 5.98. The fraction of sp³-hybridized carbons (Fsp3) is 0.412. The highest BCUT2D eigenvalue weighted by Gasteiger charge is 2.37. The lowest BCUT2D eigenvalue weighted by molar-refractivity contribution is -0.384. The summed E-state index contributed by atoms with van der Waals surface area (Å²) in [4.78, 5) is 36.1. The summed E-state index contributed by atoms with van der Waals surface area (Å²) < 4.78 is 16.2. The molecule has 0 unspecified atom stereocenters. The molecular formula is C17H18N2O7. The van der Waals surface area contributed by atoms with Crippen molar-refractivity contribution in [1.82, 2.24) is 4.90 Å². The molecule has 0 fully saturated rings. The number of hydrogen-bond donors (Lipinski definition) is 0. The van der Waals surface area contributed by atoms with Gasteiger partial charge in [-0.25, -0.2) is 0 Å². The minimum Gasteiger partial charge on any atom is -0.490 e. The summed E-state index contributed by atoms with van der Waals surface area (Å²) >= 11 is 0. The molecule has 0 spiro atoms. The van der Waals surface area contributed by atoms with Crippen LogP contribution in [0, 0.1) is 10.1 Å². The Hall–Kier alpha value is -2.94. The second kappa shape index (κ2) is 7.12. The molecule has 9 heteroatoms. The Bertz CT molecular complexity index is 776. The average molecular weight is 362 g/mol. The number of amides is 1. The van der Waals surface area contributed by atoms with Crippen LogP contribution in [0.15, 0.2) is 30.4 Å². The molecule has 1 amide bonds. The van der Waals surface area contributed by atoms with Gasteiger partial charge in [0.15, 0.2) is 0 Å². The second-order valence-electron chi connectivity index (χ2n) is 6.03. The number of likely N-dealkylation sites (N-methyl/N-ethyl adjacent to an activating group) is 1. The smallest absolute Gasteiger partial charge is 0.308 e. The predicted octanol–water partition coefficient (Wildman–Crippen LogP) is 1.31.